The Kier molecular flexibility index (Phi) is 1.86. The van der Waals surface area contributed by atoms with Gasteiger partial charge in [0.25, 0.3) is 0 Å². The van der Waals surface area contributed by atoms with Crippen LogP contribution in [0, 0.1) is 17.4 Å². The second kappa shape index (κ2) is 2.84. The molecule has 0 aliphatic carbocycles. The van der Waals surface area contributed by atoms with Gasteiger partial charge in [0, 0.05) is 0 Å². The third-order valence-electron chi connectivity index (χ3n) is 1.24. The van der Waals surface area contributed by atoms with Gasteiger partial charge in [0.05, 0.1) is 11.6 Å². The molecule has 0 atom stereocenters. The van der Waals surface area contributed by atoms with Crippen LogP contribution >= 0.6 is 0 Å². The van der Waals surface area contributed by atoms with Gasteiger partial charge in [0.1, 0.15) is 0 Å². The van der Waals surface area contributed by atoms with Crippen LogP contribution < -0.4 is 0 Å². The van der Waals surface area contributed by atoms with E-state index in [0.29, 0.717) is 5.56 Å². The lowest BCUT2D eigenvalue weighted by Gasteiger charge is -1.92. The van der Waals surface area contributed by atoms with Crippen molar-refractivity contribution in [2.24, 2.45) is 0 Å². The molecule has 0 spiro atoms. The normalized spacial score (nSPS) is 8.30. The minimum Gasteiger partial charge on any atom is -0.192 e. The van der Waals surface area contributed by atoms with Crippen molar-refractivity contribution >= 4 is 6.08 Å². The molecular weight excluding hydrogens is 122 g/mol. The van der Waals surface area contributed by atoms with Crippen LogP contribution in [0.1, 0.15) is 11.1 Å². The number of hydrogen-bond acceptors (Lipinski definition) is 1. The summed E-state index contributed by atoms with van der Waals surface area (Å²) in [6.45, 7) is 3.57. The molecule has 0 unspecified atom stereocenters. The van der Waals surface area contributed by atoms with E-state index in [2.05, 4.69) is 12.6 Å². The van der Waals surface area contributed by atoms with Crippen LogP contribution in [0.2, 0.25) is 0 Å². The average molecular weight is 128 g/mol. The van der Waals surface area contributed by atoms with E-state index >= 15 is 0 Å². The van der Waals surface area contributed by atoms with Gasteiger partial charge < -0.3 is 0 Å². The summed E-state index contributed by atoms with van der Waals surface area (Å²) in [5, 5.41) is 8.53. The zero-order valence-electron chi connectivity index (χ0n) is 5.46. The summed E-state index contributed by atoms with van der Waals surface area (Å²) in [5.74, 6) is 0. The Bertz CT molecular complexity index is 281. The van der Waals surface area contributed by atoms with Crippen molar-refractivity contribution in [1.29, 1.82) is 5.26 Å². The van der Waals surface area contributed by atoms with Crippen LogP contribution in [0.15, 0.2) is 24.8 Å². The third-order valence-corrected chi connectivity index (χ3v) is 1.24. The zero-order chi connectivity index (χ0) is 7.40. The second-order valence-corrected chi connectivity index (χ2v) is 1.83. The van der Waals surface area contributed by atoms with Gasteiger partial charge in [-0.2, -0.15) is 5.26 Å². The van der Waals surface area contributed by atoms with Crippen molar-refractivity contribution in [1.82, 2.24) is 0 Å². The lowest BCUT2D eigenvalue weighted by atomic mass is 10.1. The van der Waals surface area contributed by atoms with Gasteiger partial charge in [-0.1, -0.05) is 24.8 Å². The molecule has 1 aromatic rings. The largest absolute Gasteiger partial charge is 0.192 e. The SMILES string of the molecule is C=Cc1cc[c]cc1C#N. The van der Waals surface area contributed by atoms with Crippen molar-refractivity contribution in [2.75, 3.05) is 0 Å². The summed E-state index contributed by atoms with van der Waals surface area (Å²) in [4.78, 5) is 0. The smallest absolute Gasteiger partial charge is 0.0998 e. The van der Waals surface area contributed by atoms with E-state index in [1.165, 1.54) is 0 Å². The summed E-state index contributed by atoms with van der Waals surface area (Å²) >= 11 is 0. The van der Waals surface area contributed by atoms with Crippen LogP contribution in [-0.4, -0.2) is 0 Å². The lowest BCUT2D eigenvalue weighted by molar-refractivity contribution is 1.47. The van der Waals surface area contributed by atoms with Crippen molar-refractivity contribution in [3.05, 3.63) is 42.0 Å². The molecule has 0 amide bonds. The second-order valence-electron chi connectivity index (χ2n) is 1.83. The Morgan fingerprint density at radius 2 is 2.50 bits per heavy atom. The van der Waals surface area contributed by atoms with Gasteiger partial charge in [-0.05, 0) is 17.7 Å². The molecule has 1 rings (SSSR count). The van der Waals surface area contributed by atoms with E-state index in [1.807, 2.05) is 12.1 Å². The first-order valence-electron chi connectivity index (χ1n) is 2.91. The molecule has 0 saturated carbocycles. The zero-order valence-corrected chi connectivity index (χ0v) is 5.46. The van der Waals surface area contributed by atoms with Gasteiger partial charge in [0.2, 0.25) is 0 Å². The molecule has 0 fully saturated rings. The third kappa shape index (κ3) is 1.06. The maximum absolute atomic E-state index is 8.53. The van der Waals surface area contributed by atoms with Crippen LogP contribution in [0.4, 0.5) is 0 Å². The van der Waals surface area contributed by atoms with Gasteiger partial charge in [-0.25, -0.2) is 0 Å². The predicted octanol–water partition coefficient (Wildman–Crippen LogP) is 2.00. The van der Waals surface area contributed by atoms with Crippen molar-refractivity contribution in [3.8, 4) is 6.07 Å². The fraction of sp³-hybridized carbons (Fsp3) is 0. The fourth-order valence-electron chi connectivity index (χ4n) is 0.717. The molecule has 0 aliphatic heterocycles. The maximum atomic E-state index is 8.53. The average Bonchev–Trinajstić information content (AvgIpc) is 2.04. The first-order chi connectivity index (χ1) is 4.88. The minimum absolute atomic E-state index is 0.623. The van der Waals surface area contributed by atoms with E-state index in [0.717, 1.165) is 5.56 Å². The van der Waals surface area contributed by atoms with E-state index in [4.69, 9.17) is 5.26 Å². The minimum atomic E-state index is 0.623. The van der Waals surface area contributed by atoms with E-state index < -0.39 is 0 Å². The van der Waals surface area contributed by atoms with Gasteiger partial charge >= 0.3 is 0 Å². The molecular formula is C9H6N. The Balaban J connectivity index is 3.24. The van der Waals surface area contributed by atoms with Crippen LogP contribution in [0.3, 0.4) is 0 Å². The molecule has 0 saturated heterocycles. The fourth-order valence-corrected chi connectivity index (χ4v) is 0.717. The molecule has 0 N–H and O–H groups in total. The molecule has 1 aromatic carbocycles. The number of nitrogens with zero attached hydrogens (tertiary/aromatic N) is 1. The maximum Gasteiger partial charge on any atom is 0.0998 e. The molecule has 0 aliphatic rings. The van der Waals surface area contributed by atoms with Crippen molar-refractivity contribution in [2.45, 2.75) is 0 Å². The highest BCUT2D eigenvalue weighted by molar-refractivity contribution is 5.55. The van der Waals surface area contributed by atoms with Gasteiger partial charge in [0.15, 0.2) is 0 Å². The number of hydrogen-bond donors (Lipinski definition) is 0. The first kappa shape index (κ1) is 6.57. The van der Waals surface area contributed by atoms with Gasteiger partial charge in [-0.3, -0.25) is 0 Å². The molecule has 1 nitrogen and oxygen atoms in total. The van der Waals surface area contributed by atoms with E-state index in [9.17, 15) is 0 Å². The summed E-state index contributed by atoms with van der Waals surface area (Å²) < 4.78 is 0. The molecule has 0 aromatic heterocycles. The lowest BCUT2D eigenvalue weighted by Crippen LogP contribution is -1.78. The summed E-state index contributed by atoms with van der Waals surface area (Å²) in [6.07, 6.45) is 1.66. The van der Waals surface area contributed by atoms with Crippen LogP contribution in [0.25, 0.3) is 6.08 Å². The molecule has 1 heteroatoms. The quantitative estimate of drug-likeness (QED) is 0.567. The molecule has 0 bridgehead atoms. The number of rotatable bonds is 1. The molecule has 10 heavy (non-hydrogen) atoms. The highest BCUT2D eigenvalue weighted by Crippen LogP contribution is 2.06. The summed E-state index contributed by atoms with van der Waals surface area (Å²) in [6, 6.07) is 10.1. The highest BCUT2D eigenvalue weighted by Gasteiger charge is 1.92. The summed E-state index contributed by atoms with van der Waals surface area (Å²) in [7, 11) is 0. The number of benzene rings is 1. The number of nitriles is 1. The molecule has 1 radical (unpaired) electrons. The molecule has 47 valence electrons. The van der Waals surface area contributed by atoms with Crippen LogP contribution in [-0.2, 0) is 0 Å². The highest BCUT2D eigenvalue weighted by atomic mass is 14.2. The molecule has 0 heterocycles. The Labute approximate surface area is 60.2 Å². The summed E-state index contributed by atoms with van der Waals surface area (Å²) in [5.41, 5.74) is 1.48. The standard InChI is InChI=1S/C9H6N/c1-2-8-5-3-4-6-9(8)7-10/h2-3,5-6H,1H2. The Morgan fingerprint density at radius 1 is 1.70 bits per heavy atom. The van der Waals surface area contributed by atoms with E-state index in [-0.39, 0.29) is 0 Å². The van der Waals surface area contributed by atoms with E-state index in [1.54, 1.807) is 18.2 Å². The predicted molar refractivity (Wildman–Crippen MR) is 40.1 cm³/mol. The van der Waals surface area contributed by atoms with Crippen molar-refractivity contribution in [3.63, 3.8) is 0 Å². The van der Waals surface area contributed by atoms with Gasteiger partial charge in [-0.15, -0.1) is 0 Å². The van der Waals surface area contributed by atoms with Crippen LogP contribution in [0.5, 0.6) is 0 Å². The monoisotopic (exact) mass is 128 g/mol. The topological polar surface area (TPSA) is 23.8 Å². The Morgan fingerprint density at radius 3 is 3.00 bits per heavy atom. The van der Waals surface area contributed by atoms with Crippen molar-refractivity contribution < 1.29 is 0 Å². The Hall–Kier alpha value is -1.55. The first-order valence-corrected chi connectivity index (χ1v) is 2.91.